The highest BCUT2D eigenvalue weighted by atomic mass is 32.1. The van der Waals surface area contributed by atoms with Crippen LogP contribution in [-0.2, 0) is 6.54 Å². The molecule has 6 heteroatoms. The van der Waals surface area contributed by atoms with Crippen molar-refractivity contribution >= 4 is 28.6 Å². The van der Waals surface area contributed by atoms with E-state index < -0.39 is 0 Å². The van der Waals surface area contributed by atoms with Crippen molar-refractivity contribution in [3.05, 3.63) is 39.8 Å². The van der Waals surface area contributed by atoms with E-state index in [2.05, 4.69) is 10.3 Å². The summed E-state index contributed by atoms with van der Waals surface area (Å²) in [6.45, 7) is 2.32. The van der Waals surface area contributed by atoms with Crippen molar-refractivity contribution in [3.8, 4) is 0 Å². The second-order valence-electron chi connectivity index (χ2n) is 3.89. The number of anilines is 2. The minimum Gasteiger partial charge on any atom is -0.399 e. The van der Waals surface area contributed by atoms with Crippen molar-refractivity contribution in [3.63, 3.8) is 0 Å². The number of carbonyl (C=O) groups is 1. The molecule has 0 aliphatic heterocycles. The topological polar surface area (TPSA) is 94.0 Å². The van der Waals surface area contributed by atoms with Gasteiger partial charge >= 0.3 is 0 Å². The van der Waals surface area contributed by atoms with Gasteiger partial charge in [0, 0.05) is 16.8 Å². The fraction of sp³-hybridized carbons (Fsp3) is 0.167. The van der Waals surface area contributed by atoms with Crippen LogP contribution in [0.25, 0.3) is 0 Å². The summed E-state index contributed by atoms with van der Waals surface area (Å²) in [5, 5.41) is 5.67. The highest BCUT2D eigenvalue weighted by molar-refractivity contribution is 7.09. The number of aromatic nitrogens is 1. The number of nitrogens with zero attached hydrogens (tertiary/aromatic N) is 1. The number of nitrogens with one attached hydrogen (secondary N) is 1. The van der Waals surface area contributed by atoms with E-state index >= 15 is 0 Å². The molecule has 94 valence electrons. The Kier molecular flexibility index (Phi) is 3.47. The van der Waals surface area contributed by atoms with Crippen LogP contribution >= 0.6 is 11.3 Å². The number of aryl methyl sites for hydroxylation is 1. The van der Waals surface area contributed by atoms with Crippen molar-refractivity contribution in [2.45, 2.75) is 13.5 Å². The maximum atomic E-state index is 11.9. The first-order chi connectivity index (χ1) is 8.56. The molecular formula is C12H14N4OS. The standard InChI is InChI=1S/C12H14N4OS/c1-7-16-9(6-18-7)5-15-12(17)10-3-2-8(13)4-11(10)14/h2-4,6H,5,13-14H2,1H3,(H,15,17). The Morgan fingerprint density at radius 2 is 2.22 bits per heavy atom. The van der Waals surface area contributed by atoms with Gasteiger partial charge in [0.05, 0.1) is 22.8 Å². The average Bonchev–Trinajstić information content (AvgIpc) is 2.72. The Morgan fingerprint density at radius 1 is 1.44 bits per heavy atom. The summed E-state index contributed by atoms with van der Waals surface area (Å²) in [5.41, 5.74) is 13.5. The Morgan fingerprint density at radius 3 is 2.83 bits per heavy atom. The van der Waals surface area contributed by atoms with Crippen LogP contribution in [0.1, 0.15) is 21.1 Å². The molecule has 0 atom stereocenters. The van der Waals surface area contributed by atoms with Gasteiger partial charge in [0.1, 0.15) is 0 Å². The van der Waals surface area contributed by atoms with Gasteiger partial charge in [0.25, 0.3) is 5.91 Å². The lowest BCUT2D eigenvalue weighted by atomic mass is 10.1. The summed E-state index contributed by atoms with van der Waals surface area (Å²) in [6.07, 6.45) is 0. The molecule has 18 heavy (non-hydrogen) atoms. The second-order valence-corrected chi connectivity index (χ2v) is 4.95. The number of thiazole rings is 1. The monoisotopic (exact) mass is 262 g/mol. The lowest BCUT2D eigenvalue weighted by Gasteiger charge is -2.07. The van der Waals surface area contributed by atoms with Crippen molar-refractivity contribution < 1.29 is 4.79 Å². The molecule has 2 aromatic rings. The smallest absolute Gasteiger partial charge is 0.253 e. The molecule has 0 fully saturated rings. The Bertz CT molecular complexity index is 579. The van der Waals surface area contributed by atoms with E-state index in [1.807, 2.05) is 12.3 Å². The van der Waals surface area contributed by atoms with Gasteiger partial charge in [-0.05, 0) is 25.1 Å². The van der Waals surface area contributed by atoms with E-state index in [-0.39, 0.29) is 5.91 Å². The molecule has 1 amide bonds. The first-order valence-electron chi connectivity index (χ1n) is 5.40. The highest BCUT2D eigenvalue weighted by Crippen LogP contribution is 2.15. The summed E-state index contributed by atoms with van der Waals surface area (Å²) >= 11 is 1.55. The number of carbonyl (C=O) groups excluding carboxylic acids is 1. The van der Waals surface area contributed by atoms with E-state index in [9.17, 15) is 4.79 Å². The van der Waals surface area contributed by atoms with Crippen molar-refractivity contribution in [2.24, 2.45) is 0 Å². The van der Waals surface area contributed by atoms with E-state index in [0.29, 0.717) is 23.5 Å². The number of amides is 1. The van der Waals surface area contributed by atoms with E-state index in [0.717, 1.165) is 10.7 Å². The number of benzene rings is 1. The zero-order valence-electron chi connectivity index (χ0n) is 9.93. The first-order valence-corrected chi connectivity index (χ1v) is 6.28. The number of nitrogen functional groups attached to an aromatic ring is 2. The molecule has 5 nitrogen and oxygen atoms in total. The fourth-order valence-electron chi connectivity index (χ4n) is 1.54. The van der Waals surface area contributed by atoms with Gasteiger partial charge in [-0.2, -0.15) is 0 Å². The van der Waals surface area contributed by atoms with Crippen molar-refractivity contribution in [1.29, 1.82) is 0 Å². The van der Waals surface area contributed by atoms with Crippen LogP contribution in [0.4, 0.5) is 11.4 Å². The van der Waals surface area contributed by atoms with Crippen LogP contribution in [-0.4, -0.2) is 10.9 Å². The molecule has 0 radical (unpaired) electrons. The van der Waals surface area contributed by atoms with Crippen LogP contribution in [0, 0.1) is 6.92 Å². The molecule has 1 aromatic heterocycles. The number of nitrogens with two attached hydrogens (primary N) is 2. The predicted molar refractivity (Wildman–Crippen MR) is 73.3 cm³/mol. The fourth-order valence-corrected chi connectivity index (χ4v) is 2.16. The molecule has 0 aliphatic carbocycles. The second kappa shape index (κ2) is 5.05. The van der Waals surface area contributed by atoms with Crippen molar-refractivity contribution in [2.75, 3.05) is 11.5 Å². The molecule has 1 aromatic carbocycles. The van der Waals surface area contributed by atoms with E-state index in [1.54, 1.807) is 29.5 Å². The molecule has 0 saturated heterocycles. The molecule has 0 bridgehead atoms. The molecule has 0 saturated carbocycles. The van der Waals surface area contributed by atoms with Crippen LogP contribution in [0.15, 0.2) is 23.6 Å². The van der Waals surface area contributed by atoms with Crippen LogP contribution in [0.5, 0.6) is 0 Å². The van der Waals surface area contributed by atoms with Gasteiger partial charge in [-0.15, -0.1) is 11.3 Å². The molecule has 0 unspecified atom stereocenters. The summed E-state index contributed by atoms with van der Waals surface area (Å²) in [6, 6.07) is 4.84. The summed E-state index contributed by atoms with van der Waals surface area (Å²) in [7, 11) is 0. The van der Waals surface area contributed by atoms with Gasteiger partial charge in [0.15, 0.2) is 0 Å². The Hall–Kier alpha value is -2.08. The van der Waals surface area contributed by atoms with Crippen LogP contribution < -0.4 is 16.8 Å². The number of hydrogen-bond acceptors (Lipinski definition) is 5. The Balaban J connectivity index is 2.03. The van der Waals surface area contributed by atoms with Crippen molar-refractivity contribution in [1.82, 2.24) is 10.3 Å². The first kappa shape index (κ1) is 12.4. The Labute approximate surface area is 109 Å². The lowest BCUT2D eigenvalue weighted by Crippen LogP contribution is -2.24. The van der Waals surface area contributed by atoms with Gasteiger partial charge in [-0.1, -0.05) is 0 Å². The molecule has 1 heterocycles. The highest BCUT2D eigenvalue weighted by Gasteiger charge is 2.10. The molecule has 0 spiro atoms. The third kappa shape index (κ3) is 2.78. The maximum absolute atomic E-state index is 11.9. The summed E-state index contributed by atoms with van der Waals surface area (Å²) in [4.78, 5) is 16.2. The van der Waals surface area contributed by atoms with Crippen LogP contribution in [0.2, 0.25) is 0 Å². The molecule has 0 aliphatic rings. The summed E-state index contributed by atoms with van der Waals surface area (Å²) in [5.74, 6) is -0.224. The van der Waals surface area contributed by atoms with Crippen LogP contribution in [0.3, 0.4) is 0 Å². The maximum Gasteiger partial charge on any atom is 0.253 e. The average molecular weight is 262 g/mol. The third-order valence-corrected chi connectivity index (χ3v) is 3.24. The van der Waals surface area contributed by atoms with E-state index in [4.69, 9.17) is 11.5 Å². The normalized spacial score (nSPS) is 10.3. The minimum atomic E-state index is -0.224. The van der Waals surface area contributed by atoms with E-state index in [1.165, 1.54) is 0 Å². The van der Waals surface area contributed by atoms with Gasteiger partial charge < -0.3 is 16.8 Å². The molecule has 2 rings (SSSR count). The molecule has 5 N–H and O–H groups in total. The third-order valence-electron chi connectivity index (χ3n) is 2.42. The summed E-state index contributed by atoms with van der Waals surface area (Å²) < 4.78 is 0. The number of rotatable bonds is 3. The predicted octanol–water partition coefficient (Wildman–Crippen LogP) is 1.55. The van der Waals surface area contributed by atoms with Gasteiger partial charge in [-0.3, -0.25) is 4.79 Å². The largest absolute Gasteiger partial charge is 0.399 e. The lowest BCUT2D eigenvalue weighted by molar-refractivity contribution is 0.0951. The zero-order valence-corrected chi connectivity index (χ0v) is 10.8. The van der Waals surface area contributed by atoms with Gasteiger partial charge in [0.2, 0.25) is 0 Å². The zero-order chi connectivity index (χ0) is 13.1. The molecular weight excluding hydrogens is 248 g/mol. The quantitative estimate of drug-likeness (QED) is 0.731. The number of hydrogen-bond donors (Lipinski definition) is 3. The SMILES string of the molecule is Cc1nc(CNC(=O)c2ccc(N)cc2N)cs1. The van der Waals surface area contributed by atoms with Gasteiger partial charge in [-0.25, -0.2) is 4.98 Å². The minimum absolute atomic E-state index is 0.224.